The first-order chi connectivity index (χ1) is 15.0. The average molecular weight is 446 g/mol. The van der Waals surface area contributed by atoms with Gasteiger partial charge in [-0.25, -0.2) is 0 Å². The number of hydrogen-bond acceptors (Lipinski definition) is 4. The molecule has 2 aromatic carbocycles. The number of fused-ring (bicyclic) bond motifs is 1. The molecular weight excluding hydrogens is 418 g/mol. The second kappa shape index (κ2) is 7.71. The molecule has 1 N–H and O–H groups in total. The van der Waals surface area contributed by atoms with E-state index in [1.807, 2.05) is 38.1 Å². The molecule has 2 aliphatic rings. The van der Waals surface area contributed by atoms with Gasteiger partial charge in [0.1, 0.15) is 5.57 Å². The number of likely N-dealkylation sites (N-methyl/N-ethyl adjacent to an activating group) is 1. The molecule has 4 rings (SSSR count). The van der Waals surface area contributed by atoms with Gasteiger partial charge in [0.2, 0.25) is 0 Å². The summed E-state index contributed by atoms with van der Waals surface area (Å²) in [7, 11) is 2.08. The van der Waals surface area contributed by atoms with Gasteiger partial charge in [-0.1, -0.05) is 18.2 Å². The van der Waals surface area contributed by atoms with Gasteiger partial charge < -0.3 is 4.90 Å². The molecule has 0 aliphatic carbocycles. The topological polar surface area (TPSA) is 52.7 Å². The van der Waals surface area contributed by atoms with Crippen LogP contribution in [0, 0.1) is 13.8 Å². The number of benzene rings is 2. The molecule has 5 nitrogen and oxygen atoms in total. The largest absolute Gasteiger partial charge is 0.365 e. The Kier molecular flexibility index (Phi) is 5.29. The van der Waals surface area contributed by atoms with E-state index in [1.165, 1.54) is 10.5 Å². The Balaban J connectivity index is 1.80. The number of nitrogens with one attached hydrogen (secondary N) is 1. The van der Waals surface area contributed by atoms with Crippen molar-refractivity contribution in [3.63, 3.8) is 0 Å². The minimum atomic E-state index is -0.480. The van der Waals surface area contributed by atoms with E-state index in [0.717, 1.165) is 27.9 Å². The number of carbonyl (C=O) groups excluding carboxylic acids is 2. The molecule has 32 heavy (non-hydrogen) atoms. The van der Waals surface area contributed by atoms with Crippen LogP contribution in [0.5, 0.6) is 0 Å². The van der Waals surface area contributed by atoms with Gasteiger partial charge in [-0.2, -0.15) is 0 Å². The van der Waals surface area contributed by atoms with Gasteiger partial charge >= 0.3 is 0 Å². The Bertz CT molecular complexity index is 1240. The second-order valence-corrected chi connectivity index (χ2v) is 9.45. The first-order valence-corrected chi connectivity index (χ1v) is 11.0. The summed E-state index contributed by atoms with van der Waals surface area (Å²) in [5.74, 6) is -0.904. The lowest BCUT2D eigenvalue weighted by Crippen LogP contribution is -2.54. The van der Waals surface area contributed by atoms with Crippen molar-refractivity contribution in [3.8, 4) is 0 Å². The quantitative estimate of drug-likeness (QED) is 0.411. The van der Waals surface area contributed by atoms with Crippen LogP contribution in [0.4, 0.5) is 11.4 Å². The maximum Gasteiger partial charge on any atom is 0.270 e. The molecule has 6 heteroatoms. The van der Waals surface area contributed by atoms with Crippen molar-refractivity contribution < 1.29 is 9.59 Å². The number of amides is 2. The molecule has 0 bridgehead atoms. The third-order valence-corrected chi connectivity index (χ3v) is 6.55. The zero-order valence-corrected chi connectivity index (χ0v) is 20.1. The number of thiocarbonyl (C=S) groups is 1. The third-order valence-electron chi connectivity index (χ3n) is 6.27. The highest BCUT2D eigenvalue weighted by molar-refractivity contribution is 7.80. The maximum absolute atomic E-state index is 13.4. The van der Waals surface area contributed by atoms with Crippen LogP contribution in [0.2, 0.25) is 0 Å². The van der Waals surface area contributed by atoms with Crippen molar-refractivity contribution in [1.29, 1.82) is 0 Å². The number of rotatable bonds is 2. The number of allylic oxidation sites excluding steroid dienone is 1. The Morgan fingerprint density at radius 3 is 2.47 bits per heavy atom. The third kappa shape index (κ3) is 3.65. The van der Waals surface area contributed by atoms with Gasteiger partial charge in [0.15, 0.2) is 5.11 Å². The van der Waals surface area contributed by atoms with E-state index in [4.69, 9.17) is 12.2 Å². The summed E-state index contributed by atoms with van der Waals surface area (Å²) in [5.41, 5.74) is 6.84. The van der Waals surface area contributed by atoms with Crippen LogP contribution in [0.3, 0.4) is 0 Å². The van der Waals surface area contributed by atoms with Gasteiger partial charge in [0.25, 0.3) is 11.8 Å². The van der Waals surface area contributed by atoms with Crippen LogP contribution in [-0.2, 0) is 9.59 Å². The van der Waals surface area contributed by atoms with Crippen LogP contribution >= 0.6 is 12.2 Å². The van der Waals surface area contributed by atoms with E-state index in [-0.39, 0.29) is 16.2 Å². The molecule has 2 aliphatic heterocycles. The Morgan fingerprint density at radius 1 is 1.06 bits per heavy atom. The lowest BCUT2D eigenvalue weighted by atomic mass is 9.87. The van der Waals surface area contributed by atoms with Crippen molar-refractivity contribution in [1.82, 2.24) is 5.32 Å². The molecule has 0 atom stereocenters. The number of carbonyl (C=O) groups is 2. The van der Waals surface area contributed by atoms with Crippen LogP contribution in [-0.4, -0.2) is 29.5 Å². The molecule has 0 aromatic heterocycles. The van der Waals surface area contributed by atoms with Gasteiger partial charge in [-0.3, -0.25) is 19.8 Å². The van der Waals surface area contributed by atoms with Crippen molar-refractivity contribution in [2.24, 2.45) is 0 Å². The SMILES string of the molecule is CC1=CC(C)(C)N(C)c2cc(C)c(/C=C3\C(=O)NC(=S)N(c4cccc(C)c4)C3=O)cc21. The molecule has 2 aromatic rings. The zero-order chi connectivity index (χ0) is 23.4. The maximum atomic E-state index is 13.4. The Labute approximate surface area is 194 Å². The first kappa shape index (κ1) is 22.0. The predicted octanol–water partition coefficient (Wildman–Crippen LogP) is 4.77. The molecule has 0 unspecified atom stereocenters. The molecular formula is C26H27N3O2S. The summed E-state index contributed by atoms with van der Waals surface area (Å²) in [6.07, 6.45) is 3.91. The van der Waals surface area contributed by atoms with E-state index in [0.29, 0.717) is 5.69 Å². The molecule has 0 saturated carbocycles. The van der Waals surface area contributed by atoms with Crippen LogP contribution in [0.15, 0.2) is 48.0 Å². The van der Waals surface area contributed by atoms with Gasteiger partial charge in [0.05, 0.1) is 11.2 Å². The highest BCUT2D eigenvalue weighted by atomic mass is 32.1. The average Bonchev–Trinajstić information content (AvgIpc) is 2.69. The smallest absolute Gasteiger partial charge is 0.270 e. The Hall–Kier alpha value is -3.25. The lowest BCUT2D eigenvalue weighted by molar-refractivity contribution is -0.122. The summed E-state index contributed by atoms with van der Waals surface area (Å²) in [6.45, 7) is 10.4. The summed E-state index contributed by atoms with van der Waals surface area (Å²) in [5, 5.41) is 2.76. The molecule has 2 heterocycles. The summed E-state index contributed by atoms with van der Waals surface area (Å²) < 4.78 is 0. The first-order valence-electron chi connectivity index (χ1n) is 10.6. The fraction of sp³-hybridized carbons (Fsp3) is 0.269. The molecule has 1 fully saturated rings. The minimum Gasteiger partial charge on any atom is -0.365 e. The number of anilines is 2. The number of aryl methyl sites for hydroxylation is 2. The van der Waals surface area contributed by atoms with Gasteiger partial charge in [0, 0.05) is 18.3 Å². The van der Waals surface area contributed by atoms with Crippen LogP contribution in [0.1, 0.15) is 43.0 Å². The minimum absolute atomic E-state index is 0.0642. The standard InChI is InChI=1S/C26H27N3O2S/c1-15-8-7-9-19(10-15)29-24(31)21(23(30)27-25(29)32)13-18-12-20-17(3)14-26(4,5)28(6)22(20)11-16(18)2/h7-14H,1-6H3,(H,27,30,32)/b21-13+. The fourth-order valence-electron chi connectivity index (χ4n) is 4.29. The van der Waals surface area contributed by atoms with Crippen LogP contribution in [0.25, 0.3) is 11.6 Å². The second-order valence-electron chi connectivity index (χ2n) is 9.06. The molecule has 2 amide bonds. The molecule has 164 valence electrons. The number of hydrogen-bond donors (Lipinski definition) is 1. The summed E-state index contributed by atoms with van der Waals surface area (Å²) in [4.78, 5) is 29.7. The number of nitrogens with zero attached hydrogens (tertiary/aromatic N) is 2. The van der Waals surface area contributed by atoms with Crippen molar-refractivity contribution in [2.75, 3.05) is 16.8 Å². The van der Waals surface area contributed by atoms with E-state index in [1.54, 1.807) is 6.08 Å². The van der Waals surface area contributed by atoms with Gasteiger partial charge in [-0.05, 0) is 99.4 Å². The lowest BCUT2D eigenvalue weighted by Gasteiger charge is -2.41. The van der Waals surface area contributed by atoms with Crippen molar-refractivity contribution in [3.05, 3.63) is 70.3 Å². The highest BCUT2D eigenvalue weighted by Gasteiger charge is 2.35. The summed E-state index contributed by atoms with van der Waals surface area (Å²) >= 11 is 5.31. The van der Waals surface area contributed by atoms with Crippen molar-refractivity contribution in [2.45, 2.75) is 40.2 Å². The van der Waals surface area contributed by atoms with E-state index in [2.05, 4.69) is 56.2 Å². The Morgan fingerprint density at radius 2 is 1.78 bits per heavy atom. The van der Waals surface area contributed by atoms with E-state index < -0.39 is 11.8 Å². The van der Waals surface area contributed by atoms with Gasteiger partial charge in [-0.15, -0.1) is 0 Å². The monoisotopic (exact) mass is 445 g/mol. The fourth-order valence-corrected chi connectivity index (χ4v) is 4.57. The van der Waals surface area contributed by atoms with Crippen molar-refractivity contribution >= 4 is 52.2 Å². The predicted molar refractivity (Wildman–Crippen MR) is 135 cm³/mol. The van der Waals surface area contributed by atoms with Crippen LogP contribution < -0.4 is 15.1 Å². The summed E-state index contributed by atoms with van der Waals surface area (Å²) in [6, 6.07) is 11.7. The highest BCUT2D eigenvalue weighted by Crippen LogP contribution is 2.39. The van der Waals surface area contributed by atoms with E-state index >= 15 is 0 Å². The van der Waals surface area contributed by atoms with E-state index in [9.17, 15) is 9.59 Å². The normalized spacial score (nSPS) is 19.1. The molecule has 0 spiro atoms. The molecule has 1 saturated heterocycles. The zero-order valence-electron chi connectivity index (χ0n) is 19.2. The molecule has 0 radical (unpaired) electrons.